The Bertz CT molecular complexity index is 907. The van der Waals surface area contributed by atoms with Crippen molar-refractivity contribution in [2.75, 3.05) is 6.54 Å². The van der Waals surface area contributed by atoms with Gasteiger partial charge in [0.05, 0.1) is 11.0 Å². The normalized spacial score (nSPS) is 11.0. The molecule has 4 aromatic rings. The van der Waals surface area contributed by atoms with E-state index in [4.69, 9.17) is 0 Å². The van der Waals surface area contributed by atoms with Crippen LogP contribution < -0.4 is 5.32 Å². The maximum Gasteiger partial charge on any atom is 0.108 e. The predicted octanol–water partition coefficient (Wildman–Crippen LogP) is 4.56. The summed E-state index contributed by atoms with van der Waals surface area (Å²) >= 11 is 0. The number of nitrogens with zero attached hydrogens (tertiary/aromatic N) is 1. The molecule has 0 bridgehead atoms. The summed E-state index contributed by atoms with van der Waals surface area (Å²) < 4.78 is 0. The molecule has 0 saturated carbocycles. The Kier molecular flexibility index (Phi) is 4.57. The van der Waals surface area contributed by atoms with Crippen LogP contribution in [-0.4, -0.2) is 16.5 Å². The highest BCUT2D eigenvalue weighted by Gasteiger charge is 2.02. The maximum atomic E-state index is 4.61. The SMILES string of the molecule is c1ccc(-c2ccc(CNCCc3nc4ccccc4[nH]3)cc2)cc1. The molecule has 3 aromatic carbocycles. The molecule has 0 aliphatic carbocycles. The van der Waals surface area contributed by atoms with Crippen LogP contribution in [-0.2, 0) is 13.0 Å². The van der Waals surface area contributed by atoms with E-state index in [0.29, 0.717) is 0 Å². The van der Waals surface area contributed by atoms with Gasteiger partial charge in [0.1, 0.15) is 5.82 Å². The van der Waals surface area contributed by atoms with Crippen LogP contribution in [0.2, 0.25) is 0 Å². The van der Waals surface area contributed by atoms with Crippen LogP contribution in [0.1, 0.15) is 11.4 Å². The van der Waals surface area contributed by atoms with Crippen LogP contribution in [0.3, 0.4) is 0 Å². The van der Waals surface area contributed by atoms with Gasteiger partial charge in [-0.25, -0.2) is 4.98 Å². The van der Waals surface area contributed by atoms with E-state index in [1.54, 1.807) is 0 Å². The molecule has 0 fully saturated rings. The lowest BCUT2D eigenvalue weighted by Gasteiger charge is -2.06. The zero-order chi connectivity index (χ0) is 16.9. The molecular weight excluding hydrogens is 306 g/mol. The van der Waals surface area contributed by atoms with Gasteiger partial charge in [0.2, 0.25) is 0 Å². The number of aromatic nitrogens is 2. The van der Waals surface area contributed by atoms with Gasteiger partial charge in [-0.1, -0.05) is 66.7 Å². The number of nitrogens with one attached hydrogen (secondary N) is 2. The van der Waals surface area contributed by atoms with Gasteiger partial charge in [0.15, 0.2) is 0 Å². The fraction of sp³-hybridized carbons (Fsp3) is 0.136. The average molecular weight is 327 g/mol. The number of imidazole rings is 1. The molecule has 1 heterocycles. The molecule has 0 radical (unpaired) electrons. The molecule has 2 N–H and O–H groups in total. The smallest absolute Gasteiger partial charge is 0.108 e. The molecule has 3 nitrogen and oxygen atoms in total. The number of aromatic amines is 1. The highest BCUT2D eigenvalue weighted by atomic mass is 14.9. The van der Waals surface area contributed by atoms with Crippen molar-refractivity contribution < 1.29 is 0 Å². The van der Waals surface area contributed by atoms with Crippen molar-refractivity contribution in [3.05, 3.63) is 90.3 Å². The van der Waals surface area contributed by atoms with Crippen molar-refractivity contribution in [2.24, 2.45) is 0 Å². The number of benzene rings is 3. The Morgan fingerprint density at radius 3 is 2.28 bits per heavy atom. The molecular formula is C22H21N3. The van der Waals surface area contributed by atoms with E-state index in [1.165, 1.54) is 16.7 Å². The second-order valence-corrected chi connectivity index (χ2v) is 6.19. The summed E-state index contributed by atoms with van der Waals surface area (Å²) in [7, 11) is 0. The molecule has 4 rings (SSSR count). The Morgan fingerprint density at radius 1 is 0.760 bits per heavy atom. The zero-order valence-electron chi connectivity index (χ0n) is 14.1. The zero-order valence-corrected chi connectivity index (χ0v) is 14.1. The van der Waals surface area contributed by atoms with Gasteiger partial charge in [0, 0.05) is 19.5 Å². The summed E-state index contributed by atoms with van der Waals surface area (Å²) in [6.07, 6.45) is 0.900. The minimum absolute atomic E-state index is 0.870. The number of H-pyrrole nitrogens is 1. The van der Waals surface area contributed by atoms with Gasteiger partial charge in [-0.3, -0.25) is 0 Å². The van der Waals surface area contributed by atoms with Gasteiger partial charge in [-0.2, -0.15) is 0 Å². The van der Waals surface area contributed by atoms with Crippen LogP contribution in [0.15, 0.2) is 78.9 Å². The Morgan fingerprint density at radius 2 is 1.48 bits per heavy atom. The fourth-order valence-corrected chi connectivity index (χ4v) is 3.01. The standard InChI is InChI=1S/C22H21N3/c1-2-6-18(7-3-1)19-12-10-17(11-13-19)16-23-15-14-22-24-20-8-4-5-9-21(20)25-22/h1-13,23H,14-16H2,(H,24,25). The Hall–Kier alpha value is -2.91. The summed E-state index contributed by atoms with van der Waals surface area (Å²) in [6.45, 7) is 1.77. The number of rotatable bonds is 6. The van der Waals surface area contributed by atoms with E-state index in [2.05, 4.69) is 69.9 Å². The van der Waals surface area contributed by atoms with Gasteiger partial charge in [0.25, 0.3) is 0 Å². The largest absolute Gasteiger partial charge is 0.342 e. The van der Waals surface area contributed by atoms with E-state index < -0.39 is 0 Å². The molecule has 0 saturated heterocycles. The first-order chi connectivity index (χ1) is 12.4. The van der Waals surface area contributed by atoms with Gasteiger partial charge in [-0.05, 0) is 28.8 Å². The molecule has 0 atom stereocenters. The van der Waals surface area contributed by atoms with Crippen LogP contribution in [0, 0.1) is 0 Å². The van der Waals surface area contributed by atoms with Gasteiger partial charge in [-0.15, -0.1) is 0 Å². The van der Waals surface area contributed by atoms with E-state index in [0.717, 1.165) is 36.4 Å². The highest BCUT2D eigenvalue weighted by molar-refractivity contribution is 5.74. The molecule has 0 spiro atoms. The molecule has 25 heavy (non-hydrogen) atoms. The van der Waals surface area contributed by atoms with Crippen molar-refractivity contribution in [1.82, 2.24) is 15.3 Å². The number of para-hydroxylation sites is 2. The molecule has 3 heteroatoms. The third-order valence-electron chi connectivity index (χ3n) is 4.37. The monoisotopic (exact) mass is 327 g/mol. The minimum Gasteiger partial charge on any atom is -0.342 e. The lowest BCUT2D eigenvalue weighted by molar-refractivity contribution is 0.675. The van der Waals surface area contributed by atoms with E-state index >= 15 is 0 Å². The molecule has 0 aliphatic rings. The molecule has 0 amide bonds. The maximum absolute atomic E-state index is 4.61. The third-order valence-corrected chi connectivity index (χ3v) is 4.37. The number of hydrogen-bond donors (Lipinski definition) is 2. The molecule has 1 aromatic heterocycles. The third kappa shape index (κ3) is 3.78. The first-order valence-corrected chi connectivity index (χ1v) is 8.67. The van der Waals surface area contributed by atoms with E-state index in [9.17, 15) is 0 Å². The predicted molar refractivity (Wildman–Crippen MR) is 103 cm³/mol. The topological polar surface area (TPSA) is 40.7 Å². The van der Waals surface area contributed by atoms with Crippen LogP contribution >= 0.6 is 0 Å². The summed E-state index contributed by atoms with van der Waals surface area (Å²) in [6, 6.07) is 27.4. The van der Waals surface area contributed by atoms with Crippen LogP contribution in [0.25, 0.3) is 22.2 Å². The summed E-state index contributed by atoms with van der Waals surface area (Å²) in [4.78, 5) is 7.98. The number of hydrogen-bond acceptors (Lipinski definition) is 2. The summed E-state index contributed by atoms with van der Waals surface area (Å²) in [5.74, 6) is 1.04. The second kappa shape index (κ2) is 7.32. The lowest BCUT2D eigenvalue weighted by Crippen LogP contribution is -2.17. The first-order valence-electron chi connectivity index (χ1n) is 8.67. The van der Waals surface area contributed by atoms with E-state index in [-0.39, 0.29) is 0 Å². The quantitative estimate of drug-likeness (QED) is 0.510. The highest BCUT2D eigenvalue weighted by Crippen LogP contribution is 2.19. The first kappa shape index (κ1) is 15.6. The van der Waals surface area contributed by atoms with Crippen molar-refractivity contribution in [3.63, 3.8) is 0 Å². The summed E-state index contributed by atoms with van der Waals surface area (Å²) in [5, 5.41) is 3.49. The van der Waals surface area contributed by atoms with Gasteiger partial charge < -0.3 is 10.3 Å². The van der Waals surface area contributed by atoms with Gasteiger partial charge >= 0.3 is 0 Å². The van der Waals surface area contributed by atoms with Crippen molar-refractivity contribution in [1.29, 1.82) is 0 Å². The second-order valence-electron chi connectivity index (χ2n) is 6.19. The fourth-order valence-electron chi connectivity index (χ4n) is 3.01. The number of fused-ring (bicyclic) bond motifs is 1. The van der Waals surface area contributed by atoms with Crippen molar-refractivity contribution in [3.8, 4) is 11.1 Å². The Balaban J connectivity index is 1.30. The molecule has 0 aliphatic heterocycles. The summed E-state index contributed by atoms with van der Waals surface area (Å²) in [5.41, 5.74) is 5.95. The minimum atomic E-state index is 0.870. The van der Waals surface area contributed by atoms with E-state index in [1.807, 2.05) is 24.3 Å². The van der Waals surface area contributed by atoms with Crippen LogP contribution in [0.4, 0.5) is 0 Å². The molecule has 124 valence electrons. The van der Waals surface area contributed by atoms with Crippen molar-refractivity contribution >= 4 is 11.0 Å². The lowest BCUT2D eigenvalue weighted by atomic mass is 10.0. The molecule has 0 unspecified atom stereocenters. The average Bonchev–Trinajstić information content (AvgIpc) is 3.09. The van der Waals surface area contributed by atoms with Crippen LogP contribution in [0.5, 0.6) is 0 Å². The van der Waals surface area contributed by atoms with Crippen molar-refractivity contribution in [2.45, 2.75) is 13.0 Å². The Labute approximate surface area is 147 Å².